The van der Waals surface area contributed by atoms with E-state index in [0.29, 0.717) is 55.5 Å². The molecule has 1 aliphatic heterocycles. The molecule has 2 aromatic carbocycles. The molecule has 4 rings (SSSR count). The highest BCUT2D eigenvalue weighted by atomic mass is 35.5. The minimum absolute atomic E-state index is 0.0397. The van der Waals surface area contributed by atoms with Crippen LogP contribution in [0.5, 0.6) is 0 Å². The summed E-state index contributed by atoms with van der Waals surface area (Å²) >= 11 is 12.4. The summed E-state index contributed by atoms with van der Waals surface area (Å²) in [6.07, 6.45) is 0.0151. The van der Waals surface area contributed by atoms with Gasteiger partial charge in [-0.1, -0.05) is 35.3 Å². The van der Waals surface area contributed by atoms with E-state index in [1.807, 2.05) is 0 Å². The van der Waals surface area contributed by atoms with Crippen molar-refractivity contribution < 1.29 is 30.8 Å². The first-order valence-electron chi connectivity index (χ1n) is 13.8. The van der Waals surface area contributed by atoms with E-state index < -0.39 is 33.0 Å². The van der Waals surface area contributed by atoms with Gasteiger partial charge in [0.2, 0.25) is 15.9 Å². The van der Waals surface area contributed by atoms with Crippen LogP contribution >= 0.6 is 23.2 Å². The average Bonchev–Trinajstić information content (AvgIpc) is 3.72. The number of carbonyl (C=O) groups excluding carboxylic acids is 1. The van der Waals surface area contributed by atoms with Gasteiger partial charge in [-0.15, -0.1) is 0 Å². The molecule has 0 N–H and O–H groups in total. The minimum Gasteiger partial charge on any atom is -0.341 e. The molecule has 2 fully saturated rings. The molecule has 0 bridgehead atoms. The van der Waals surface area contributed by atoms with Crippen LogP contribution in [0.15, 0.2) is 36.4 Å². The van der Waals surface area contributed by atoms with Gasteiger partial charge < -0.3 is 9.80 Å². The summed E-state index contributed by atoms with van der Waals surface area (Å²) in [6.45, 7) is 3.58. The van der Waals surface area contributed by atoms with Crippen molar-refractivity contribution >= 4 is 39.1 Å². The van der Waals surface area contributed by atoms with Crippen LogP contribution in [-0.4, -0.2) is 73.5 Å². The third-order valence-corrected chi connectivity index (χ3v) is 10.4. The number of hydrogen-bond acceptors (Lipinski definition) is 4. The van der Waals surface area contributed by atoms with Crippen molar-refractivity contribution in [3.05, 3.63) is 69.0 Å². The lowest BCUT2D eigenvalue weighted by molar-refractivity contribution is -0.140. The number of amides is 1. The Morgan fingerprint density at radius 2 is 1.62 bits per heavy atom. The highest BCUT2D eigenvalue weighted by Crippen LogP contribution is 2.37. The summed E-state index contributed by atoms with van der Waals surface area (Å²) in [5.74, 6) is -1.71. The van der Waals surface area contributed by atoms with Crippen molar-refractivity contribution in [1.29, 1.82) is 0 Å². The number of halogens is 6. The maximum Gasteiger partial charge on any atom is 0.419 e. The normalized spacial score (nSPS) is 18.7. The second-order valence-electron chi connectivity index (χ2n) is 11.6. The molecule has 42 heavy (non-hydrogen) atoms. The Morgan fingerprint density at radius 1 is 1.00 bits per heavy atom. The summed E-state index contributed by atoms with van der Waals surface area (Å²) < 4.78 is 79.7. The standard InChI is InChI=1S/C29H35Cl2F4N3O3S/c1-28(20-5-9-24(30)25(31)17-20,27(39)36(2)18-19-4-8-23(26(32)16-19)29(33,34)35)12-15-37-13-10-22(11-14-37)38(21-6-7-21)42(3,40)41/h4-5,8-9,16-17,21-22H,6-7,10-15,18H2,1-3H3. The van der Waals surface area contributed by atoms with Gasteiger partial charge in [0.25, 0.3) is 0 Å². The molecule has 1 saturated carbocycles. The first-order valence-corrected chi connectivity index (χ1v) is 16.4. The average molecular weight is 653 g/mol. The quantitative estimate of drug-likeness (QED) is 0.281. The fraction of sp³-hybridized carbons (Fsp3) is 0.552. The van der Waals surface area contributed by atoms with E-state index in [-0.39, 0.29) is 35.1 Å². The Bertz CT molecular complexity index is 1410. The van der Waals surface area contributed by atoms with Gasteiger partial charge in [-0.05, 0) is 94.1 Å². The highest BCUT2D eigenvalue weighted by molar-refractivity contribution is 7.88. The topological polar surface area (TPSA) is 60.9 Å². The molecular formula is C29H35Cl2F4N3O3S. The largest absolute Gasteiger partial charge is 0.419 e. The number of nitrogens with zero attached hydrogens (tertiary/aromatic N) is 3. The summed E-state index contributed by atoms with van der Waals surface area (Å²) in [4.78, 5) is 17.5. The molecule has 1 atom stereocenters. The maximum absolute atomic E-state index is 14.2. The summed E-state index contributed by atoms with van der Waals surface area (Å²) in [5, 5.41) is 0.611. The van der Waals surface area contributed by atoms with Gasteiger partial charge in [0.15, 0.2) is 0 Å². The number of likely N-dealkylation sites (tertiary alicyclic amines) is 1. The first-order chi connectivity index (χ1) is 19.5. The van der Waals surface area contributed by atoms with E-state index in [1.165, 1.54) is 18.2 Å². The smallest absolute Gasteiger partial charge is 0.341 e. The maximum atomic E-state index is 14.2. The second-order valence-corrected chi connectivity index (χ2v) is 14.3. The Hall–Kier alpha value is -1.92. The van der Waals surface area contributed by atoms with E-state index in [4.69, 9.17) is 23.2 Å². The van der Waals surface area contributed by atoms with Gasteiger partial charge in [-0.2, -0.15) is 17.5 Å². The van der Waals surface area contributed by atoms with Gasteiger partial charge in [-0.25, -0.2) is 12.8 Å². The number of alkyl halides is 3. The van der Waals surface area contributed by atoms with Gasteiger partial charge in [-0.3, -0.25) is 4.79 Å². The number of sulfonamides is 1. The second kappa shape index (κ2) is 12.6. The molecule has 0 radical (unpaired) electrons. The Labute approximate surface area is 254 Å². The van der Waals surface area contributed by atoms with Gasteiger partial charge in [0, 0.05) is 25.7 Å². The van der Waals surface area contributed by atoms with Crippen molar-refractivity contribution in [3.8, 4) is 0 Å². The summed E-state index contributed by atoms with van der Waals surface area (Å²) in [7, 11) is -1.77. The zero-order chi connectivity index (χ0) is 31.0. The van der Waals surface area contributed by atoms with Crippen LogP contribution in [0.25, 0.3) is 0 Å². The zero-order valence-corrected chi connectivity index (χ0v) is 26.1. The number of benzene rings is 2. The number of carbonyl (C=O) groups is 1. The molecular weight excluding hydrogens is 617 g/mol. The van der Waals surface area contributed by atoms with Crippen LogP contribution in [0.2, 0.25) is 10.0 Å². The Balaban J connectivity index is 1.49. The molecule has 232 valence electrons. The van der Waals surface area contributed by atoms with Crippen molar-refractivity contribution in [3.63, 3.8) is 0 Å². The number of rotatable bonds is 10. The van der Waals surface area contributed by atoms with E-state index in [9.17, 15) is 30.8 Å². The monoisotopic (exact) mass is 651 g/mol. The Kier molecular flexibility index (Phi) is 9.89. The van der Waals surface area contributed by atoms with E-state index in [2.05, 4.69) is 4.90 Å². The molecule has 1 unspecified atom stereocenters. The molecule has 2 aliphatic rings. The van der Waals surface area contributed by atoms with Crippen molar-refractivity contribution in [2.45, 2.75) is 69.2 Å². The highest BCUT2D eigenvalue weighted by Gasteiger charge is 2.42. The third-order valence-electron chi connectivity index (χ3n) is 8.27. The molecule has 1 aliphatic carbocycles. The van der Waals surface area contributed by atoms with Gasteiger partial charge >= 0.3 is 6.18 Å². The SMILES string of the molecule is CN(Cc1ccc(C(F)(F)F)c(F)c1)C(=O)C(C)(CCN1CCC(N(C2CC2)S(C)(=O)=O)CC1)c1ccc(Cl)c(Cl)c1. The fourth-order valence-electron chi connectivity index (χ4n) is 5.82. The van der Waals surface area contributed by atoms with E-state index >= 15 is 0 Å². The lowest BCUT2D eigenvalue weighted by atomic mass is 9.77. The van der Waals surface area contributed by atoms with Crippen LogP contribution in [0.4, 0.5) is 17.6 Å². The van der Waals surface area contributed by atoms with Crippen LogP contribution in [0, 0.1) is 5.82 Å². The van der Waals surface area contributed by atoms with E-state index in [1.54, 1.807) is 29.4 Å². The molecule has 1 heterocycles. The lowest BCUT2D eigenvalue weighted by Gasteiger charge is -2.39. The van der Waals surface area contributed by atoms with Crippen LogP contribution in [-0.2, 0) is 33.0 Å². The van der Waals surface area contributed by atoms with Gasteiger partial charge in [0.05, 0.1) is 27.3 Å². The van der Waals surface area contributed by atoms with E-state index in [0.717, 1.165) is 25.0 Å². The lowest BCUT2D eigenvalue weighted by Crippen LogP contribution is -2.49. The molecule has 2 aromatic rings. The Morgan fingerprint density at radius 3 is 2.14 bits per heavy atom. The predicted octanol–water partition coefficient (Wildman–Crippen LogP) is 6.35. The van der Waals surface area contributed by atoms with Crippen molar-refractivity contribution in [2.75, 3.05) is 32.9 Å². The summed E-state index contributed by atoms with van der Waals surface area (Å²) in [6, 6.07) is 7.68. The van der Waals surface area contributed by atoms with Crippen molar-refractivity contribution in [2.24, 2.45) is 0 Å². The molecule has 0 aromatic heterocycles. The molecule has 1 amide bonds. The van der Waals surface area contributed by atoms with Crippen molar-refractivity contribution in [1.82, 2.24) is 14.1 Å². The molecule has 13 heteroatoms. The van der Waals surface area contributed by atoms with Crippen LogP contribution < -0.4 is 0 Å². The minimum atomic E-state index is -4.81. The first kappa shape index (κ1) is 33.0. The molecule has 6 nitrogen and oxygen atoms in total. The summed E-state index contributed by atoms with van der Waals surface area (Å²) in [5.41, 5.74) is -1.60. The fourth-order valence-corrected chi connectivity index (χ4v) is 7.62. The third kappa shape index (κ3) is 7.59. The zero-order valence-electron chi connectivity index (χ0n) is 23.7. The molecule has 0 spiro atoms. The predicted molar refractivity (Wildman–Crippen MR) is 155 cm³/mol. The van der Waals surface area contributed by atoms with Crippen LogP contribution in [0.1, 0.15) is 55.7 Å². The number of hydrogen-bond donors (Lipinski definition) is 0. The van der Waals surface area contributed by atoms with Gasteiger partial charge in [0.1, 0.15) is 5.82 Å². The molecule has 1 saturated heterocycles. The van der Waals surface area contributed by atoms with Crippen LogP contribution in [0.3, 0.4) is 0 Å². The number of piperidine rings is 1. The number of likely N-dealkylation sites (N-methyl/N-ethyl adjacent to an activating group) is 1.